The average Bonchev–Trinajstić information content (AvgIpc) is 2.70. The van der Waals surface area contributed by atoms with Crippen molar-refractivity contribution >= 4 is 31.5 Å². The number of nitrogens with two attached hydrogens (primary N) is 1. The van der Waals surface area contributed by atoms with Crippen LogP contribution >= 0.6 is 15.9 Å². The molecule has 0 amide bonds. The number of halogens is 1. The molecular formula is C11H12BrN3O2S. The second kappa shape index (κ2) is 4.74. The largest absolute Gasteiger partial charge is 0.398 e. The third kappa shape index (κ3) is 2.91. The van der Waals surface area contributed by atoms with E-state index in [4.69, 9.17) is 5.73 Å². The molecule has 2 N–H and O–H groups in total. The average molecular weight is 330 g/mol. The van der Waals surface area contributed by atoms with Crippen LogP contribution in [-0.2, 0) is 16.4 Å². The summed E-state index contributed by atoms with van der Waals surface area (Å²) >= 11 is 3.33. The normalized spacial score (nSPS) is 11.7. The van der Waals surface area contributed by atoms with Crippen molar-refractivity contribution in [1.29, 1.82) is 0 Å². The van der Waals surface area contributed by atoms with Crippen LogP contribution in [0.25, 0.3) is 0 Å². The van der Waals surface area contributed by atoms with Gasteiger partial charge in [-0.3, -0.25) is 4.68 Å². The van der Waals surface area contributed by atoms with E-state index < -0.39 is 9.84 Å². The second-order valence-electron chi connectivity index (χ2n) is 3.99. The summed E-state index contributed by atoms with van der Waals surface area (Å²) in [5.74, 6) is 0. The maximum absolute atomic E-state index is 11.3. The van der Waals surface area contributed by atoms with Crippen LogP contribution in [-0.4, -0.2) is 24.5 Å². The SMILES string of the molecule is CS(=O)(=O)c1cnn(Cc2ccc(Br)cc2N)c1. The molecule has 0 spiro atoms. The van der Waals surface area contributed by atoms with Crippen molar-refractivity contribution in [1.82, 2.24) is 9.78 Å². The fourth-order valence-corrected chi connectivity index (χ4v) is 2.44. The van der Waals surface area contributed by atoms with Crippen molar-refractivity contribution in [3.05, 3.63) is 40.6 Å². The van der Waals surface area contributed by atoms with E-state index in [-0.39, 0.29) is 4.90 Å². The van der Waals surface area contributed by atoms with Crippen LogP contribution in [0.5, 0.6) is 0 Å². The fourth-order valence-electron chi connectivity index (χ4n) is 1.51. The number of hydrogen-bond acceptors (Lipinski definition) is 4. The van der Waals surface area contributed by atoms with Crippen LogP contribution < -0.4 is 5.73 Å². The van der Waals surface area contributed by atoms with E-state index in [1.165, 1.54) is 12.4 Å². The molecular weight excluding hydrogens is 318 g/mol. The summed E-state index contributed by atoms with van der Waals surface area (Å²) in [7, 11) is -3.21. The molecule has 5 nitrogen and oxygen atoms in total. The molecule has 0 atom stereocenters. The molecule has 1 aromatic carbocycles. The topological polar surface area (TPSA) is 78.0 Å². The standard InChI is InChI=1S/C11H12BrN3O2S/c1-18(16,17)10-5-14-15(7-10)6-8-2-3-9(12)4-11(8)13/h2-5,7H,6,13H2,1H3. The Morgan fingerprint density at radius 1 is 1.44 bits per heavy atom. The van der Waals surface area contributed by atoms with E-state index in [0.717, 1.165) is 16.3 Å². The van der Waals surface area contributed by atoms with Crippen molar-refractivity contribution in [3.8, 4) is 0 Å². The first-order valence-corrected chi connectivity index (χ1v) is 7.81. The first kappa shape index (κ1) is 13.1. The Hall–Kier alpha value is -1.34. The maximum atomic E-state index is 11.3. The predicted molar refractivity (Wildman–Crippen MR) is 73.0 cm³/mol. The number of nitrogens with zero attached hydrogens (tertiary/aromatic N) is 2. The first-order chi connectivity index (χ1) is 8.36. The van der Waals surface area contributed by atoms with Crippen LogP contribution in [0.15, 0.2) is 40.0 Å². The Labute approximate surface area is 114 Å². The maximum Gasteiger partial charge on any atom is 0.178 e. The Morgan fingerprint density at radius 3 is 2.72 bits per heavy atom. The van der Waals surface area contributed by atoms with Crippen molar-refractivity contribution in [2.75, 3.05) is 12.0 Å². The van der Waals surface area contributed by atoms with Gasteiger partial charge in [0.05, 0.1) is 12.7 Å². The fraction of sp³-hybridized carbons (Fsp3) is 0.182. The van der Waals surface area contributed by atoms with Gasteiger partial charge in [-0.05, 0) is 17.7 Å². The summed E-state index contributed by atoms with van der Waals surface area (Å²) < 4.78 is 25.1. The molecule has 18 heavy (non-hydrogen) atoms. The Morgan fingerprint density at radius 2 is 2.17 bits per heavy atom. The molecule has 96 valence electrons. The smallest absolute Gasteiger partial charge is 0.178 e. The van der Waals surface area contributed by atoms with Crippen LogP contribution in [0.1, 0.15) is 5.56 Å². The van der Waals surface area contributed by atoms with E-state index in [1.54, 1.807) is 10.7 Å². The Kier molecular flexibility index (Phi) is 3.45. The molecule has 0 aliphatic carbocycles. The molecule has 1 aromatic heterocycles. The highest BCUT2D eigenvalue weighted by molar-refractivity contribution is 9.10. The first-order valence-electron chi connectivity index (χ1n) is 5.12. The summed E-state index contributed by atoms with van der Waals surface area (Å²) in [5.41, 5.74) is 7.40. The summed E-state index contributed by atoms with van der Waals surface area (Å²) in [6.07, 6.45) is 3.99. The molecule has 0 bridgehead atoms. The van der Waals surface area contributed by atoms with Crippen molar-refractivity contribution in [3.63, 3.8) is 0 Å². The van der Waals surface area contributed by atoms with Crippen LogP contribution in [0.3, 0.4) is 0 Å². The van der Waals surface area contributed by atoms with Gasteiger partial charge in [0.15, 0.2) is 9.84 Å². The molecule has 1 heterocycles. The van der Waals surface area contributed by atoms with Crippen molar-refractivity contribution < 1.29 is 8.42 Å². The Bertz CT molecular complexity index is 679. The van der Waals surface area contributed by atoms with Gasteiger partial charge in [0.2, 0.25) is 0 Å². The van der Waals surface area contributed by atoms with Gasteiger partial charge in [-0.2, -0.15) is 5.10 Å². The summed E-state index contributed by atoms with van der Waals surface area (Å²) in [6, 6.07) is 5.56. The lowest BCUT2D eigenvalue weighted by Crippen LogP contribution is -2.03. The number of anilines is 1. The number of rotatable bonds is 3. The van der Waals surface area contributed by atoms with Gasteiger partial charge >= 0.3 is 0 Å². The highest BCUT2D eigenvalue weighted by atomic mass is 79.9. The number of benzene rings is 1. The van der Waals surface area contributed by atoms with E-state index in [9.17, 15) is 8.42 Å². The molecule has 7 heteroatoms. The predicted octanol–water partition coefficient (Wildman–Crippen LogP) is 1.68. The minimum absolute atomic E-state index is 0.207. The minimum Gasteiger partial charge on any atom is -0.398 e. The zero-order valence-electron chi connectivity index (χ0n) is 9.67. The van der Waals surface area contributed by atoms with E-state index >= 15 is 0 Å². The van der Waals surface area contributed by atoms with Gasteiger partial charge in [0, 0.05) is 22.6 Å². The van der Waals surface area contributed by atoms with Crippen molar-refractivity contribution in [2.45, 2.75) is 11.4 Å². The van der Waals surface area contributed by atoms with Crippen LogP contribution in [0, 0.1) is 0 Å². The quantitative estimate of drug-likeness (QED) is 0.869. The van der Waals surface area contributed by atoms with Gasteiger partial charge < -0.3 is 5.73 Å². The van der Waals surface area contributed by atoms with Gasteiger partial charge in [-0.15, -0.1) is 0 Å². The second-order valence-corrected chi connectivity index (χ2v) is 6.92. The lowest BCUT2D eigenvalue weighted by molar-refractivity contribution is 0.601. The van der Waals surface area contributed by atoms with Gasteiger partial charge in [-0.25, -0.2) is 8.42 Å². The van der Waals surface area contributed by atoms with E-state index in [2.05, 4.69) is 21.0 Å². The summed E-state index contributed by atoms with van der Waals surface area (Å²) in [4.78, 5) is 0.207. The summed E-state index contributed by atoms with van der Waals surface area (Å²) in [6.45, 7) is 0.439. The third-order valence-electron chi connectivity index (χ3n) is 2.48. The lowest BCUT2D eigenvalue weighted by atomic mass is 10.2. The molecule has 0 aliphatic heterocycles. The van der Waals surface area contributed by atoms with Gasteiger partial charge in [0.25, 0.3) is 0 Å². The zero-order chi connectivity index (χ0) is 13.3. The number of hydrogen-bond donors (Lipinski definition) is 1. The number of nitrogen functional groups attached to an aromatic ring is 1. The number of sulfone groups is 1. The van der Waals surface area contributed by atoms with E-state index in [1.807, 2.05) is 12.1 Å². The van der Waals surface area contributed by atoms with Gasteiger partial charge in [0.1, 0.15) is 4.90 Å². The van der Waals surface area contributed by atoms with Crippen LogP contribution in [0.4, 0.5) is 5.69 Å². The van der Waals surface area contributed by atoms with Crippen LogP contribution in [0.2, 0.25) is 0 Å². The molecule has 0 unspecified atom stereocenters. The monoisotopic (exact) mass is 329 g/mol. The highest BCUT2D eigenvalue weighted by Crippen LogP contribution is 2.19. The molecule has 2 rings (SSSR count). The molecule has 0 radical (unpaired) electrons. The third-order valence-corrected chi connectivity index (χ3v) is 4.04. The summed E-state index contributed by atoms with van der Waals surface area (Å²) in [5, 5.41) is 4.01. The molecule has 0 aliphatic rings. The molecule has 0 fully saturated rings. The van der Waals surface area contributed by atoms with E-state index in [0.29, 0.717) is 12.2 Å². The lowest BCUT2D eigenvalue weighted by Gasteiger charge is -2.06. The van der Waals surface area contributed by atoms with Gasteiger partial charge in [-0.1, -0.05) is 22.0 Å². The molecule has 0 saturated heterocycles. The molecule has 2 aromatic rings. The Balaban J connectivity index is 2.27. The minimum atomic E-state index is -3.21. The van der Waals surface area contributed by atoms with Crippen molar-refractivity contribution in [2.24, 2.45) is 0 Å². The highest BCUT2D eigenvalue weighted by Gasteiger charge is 2.10. The number of aromatic nitrogens is 2. The molecule has 0 saturated carbocycles. The zero-order valence-corrected chi connectivity index (χ0v) is 12.1.